The lowest BCUT2D eigenvalue weighted by Crippen LogP contribution is -2.13. The predicted octanol–water partition coefficient (Wildman–Crippen LogP) is 3.42. The highest BCUT2D eigenvalue weighted by molar-refractivity contribution is 6.04. The Morgan fingerprint density at radius 3 is 2.73 bits per heavy atom. The number of nitrogens with zero attached hydrogens (tertiary/aromatic N) is 3. The molecule has 0 fully saturated rings. The van der Waals surface area contributed by atoms with E-state index in [0.717, 1.165) is 34.4 Å². The van der Waals surface area contributed by atoms with Crippen LogP contribution in [-0.4, -0.2) is 33.9 Å². The molecule has 26 heavy (non-hydrogen) atoms. The highest BCUT2D eigenvalue weighted by Gasteiger charge is 2.17. The molecule has 1 N–H and O–H groups in total. The third-order valence-electron chi connectivity index (χ3n) is 4.61. The minimum Gasteiger partial charge on any atom is -0.462 e. The van der Waals surface area contributed by atoms with E-state index in [4.69, 9.17) is 4.74 Å². The Labute approximate surface area is 153 Å². The Morgan fingerprint density at radius 1 is 1.27 bits per heavy atom. The molecule has 3 aromatic rings. The quantitative estimate of drug-likeness (QED) is 0.689. The van der Waals surface area contributed by atoms with Crippen LogP contribution in [0.15, 0.2) is 30.5 Å². The van der Waals surface area contributed by atoms with E-state index in [2.05, 4.69) is 22.3 Å². The number of anilines is 1. The van der Waals surface area contributed by atoms with Crippen LogP contribution in [0.2, 0.25) is 0 Å². The normalized spacial score (nSPS) is 10.9. The van der Waals surface area contributed by atoms with Crippen molar-refractivity contribution in [1.82, 2.24) is 14.8 Å². The zero-order chi connectivity index (χ0) is 18.7. The van der Waals surface area contributed by atoms with Crippen LogP contribution >= 0.6 is 0 Å². The maximum absolute atomic E-state index is 12.3. The van der Waals surface area contributed by atoms with E-state index in [1.165, 1.54) is 5.56 Å². The van der Waals surface area contributed by atoms with Gasteiger partial charge in [0, 0.05) is 30.9 Å². The molecule has 0 aliphatic rings. The summed E-state index contributed by atoms with van der Waals surface area (Å²) in [6.45, 7) is 6.91. The van der Waals surface area contributed by atoms with Gasteiger partial charge in [-0.15, -0.1) is 0 Å². The van der Waals surface area contributed by atoms with Crippen molar-refractivity contribution in [3.63, 3.8) is 0 Å². The van der Waals surface area contributed by atoms with Crippen molar-refractivity contribution in [2.24, 2.45) is 7.05 Å². The second-order valence-corrected chi connectivity index (χ2v) is 6.23. The third kappa shape index (κ3) is 3.40. The maximum atomic E-state index is 12.3. The van der Waals surface area contributed by atoms with Gasteiger partial charge in [-0.2, -0.15) is 5.10 Å². The molecule has 0 spiro atoms. The van der Waals surface area contributed by atoms with Crippen LogP contribution in [-0.2, 0) is 18.2 Å². The number of hydrogen-bond donors (Lipinski definition) is 1. The SMILES string of the molecule is CCOC(=O)c1cnc2ccccc2c1NCCc1c(C)nn(C)c1C. The number of nitrogens with one attached hydrogen (secondary N) is 1. The fourth-order valence-electron chi connectivity index (χ4n) is 3.19. The van der Waals surface area contributed by atoms with E-state index in [1.54, 1.807) is 13.1 Å². The van der Waals surface area contributed by atoms with Crippen molar-refractivity contribution in [3.8, 4) is 0 Å². The van der Waals surface area contributed by atoms with E-state index in [0.29, 0.717) is 18.7 Å². The molecule has 0 saturated carbocycles. The summed E-state index contributed by atoms with van der Waals surface area (Å²) in [5.41, 5.74) is 5.51. The van der Waals surface area contributed by atoms with Crippen LogP contribution in [0.4, 0.5) is 5.69 Å². The molecule has 0 bridgehead atoms. The molecule has 0 saturated heterocycles. The lowest BCUT2D eigenvalue weighted by molar-refractivity contribution is 0.0527. The highest BCUT2D eigenvalue weighted by Crippen LogP contribution is 2.26. The summed E-state index contributed by atoms with van der Waals surface area (Å²) < 4.78 is 7.09. The van der Waals surface area contributed by atoms with Crippen molar-refractivity contribution in [2.45, 2.75) is 27.2 Å². The first kappa shape index (κ1) is 17.9. The molecule has 1 aromatic carbocycles. The molecule has 6 nitrogen and oxygen atoms in total. The zero-order valence-corrected chi connectivity index (χ0v) is 15.7. The Balaban J connectivity index is 1.89. The lowest BCUT2D eigenvalue weighted by atomic mass is 10.1. The topological polar surface area (TPSA) is 69.0 Å². The summed E-state index contributed by atoms with van der Waals surface area (Å²) >= 11 is 0. The van der Waals surface area contributed by atoms with E-state index in [-0.39, 0.29) is 5.97 Å². The number of fused-ring (bicyclic) bond motifs is 1. The number of aromatic nitrogens is 3. The van der Waals surface area contributed by atoms with E-state index in [1.807, 2.05) is 42.9 Å². The van der Waals surface area contributed by atoms with Gasteiger partial charge in [0.2, 0.25) is 0 Å². The van der Waals surface area contributed by atoms with Gasteiger partial charge in [0.05, 0.1) is 23.5 Å². The van der Waals surface area contributed by atoms with E-state index in [9.17, 15) is 4.79 Å². The van der Waals surface area contributed by atoms with Crippen molar-refractivity contribution < 1.29 is 9.53 Å². The van der Waals surface area contributed by atoms with Crippen LogP contribution in [0.1, 0.15) is 34.2 Å². The highest BCUT2D eigenvalue weighted by atomic mass is 16.5. The van der Waals surface area contributed by atoms with Crippen molar-refractivity contribution in [2.75, 3.05) is 18.5 Å². The van der Waals surface area contributed by atoms with E-state index < -0.39 is 0 Å². The van der Waals surface area contributed by atoms with Gasteiger partial charge in [-0.05, 0) is 38.8 Å². The van der Waals surface area contributed by atoms with Crippen molar-refractivity contribution in [1.29, 1.82) is 0 Å². The van der Waals surface area contributed by atoms with Crippen LogP contribution in [0.3, 0.4) is 0 Å². The molecule has 6 heteroatoms. The molecule has 0 unspecified atom stereocenters. The average Bonchev–Trinajstić information content (AvgIpc) is 2.87. The summed E-state index contributed by atoms with van der Waals surface area (Å²) in [5.74, 6) is -0.359. The summed E-state index contributed by atoms with van der Waals surface area (Å²) in [4.78, 5) is 16.7. The summed E-state index contributed by atoms with van der Waals surface area (Å²) in [6, 6.07) is 7.78. The lowest BCUT2D eigenvalue weighted by Gasteiger charge is -2.14. The summed E-state index contributed by atoms with van der Waals surface area (Å²) in [6.07, 6.45) is 2.41. The first-order valence-electron chi connectivity index (χ1n) is 8.80. The minimum atomic E-state index is -0.359. The standard InChI is InChI=1S/C20H24N4O2/c1-5-26-20(25)17-12-22-18-9-7-6-8-16(18)19(17)21-11-10-15-13(2)23-24(4)14(15)3/h6-9,12H,5,10-11H2,1-4H3,(H,21,22). The van der Waals surface area contributed by atoms with Gasteiger partial charge in [-0.3, -0.25) is 9.67 Å². The van der Waals surface area contributed by atoms with Crippen LogP contribution < -0.4 is 5.32 Å². The molecular formula is C20H24N4O2. The van der Waals surface area contributed by atoms with Gasteiger partial charge < -0.3 is 10.1 Å². The number of rotatable bonds is 6. The van der Waals surface area contributed by atoms with Crippen LogP contribution in [0.5, 0.6) is 0 Å². The first-order chi connectivity index (χ1) is 12.5. The molecule has 0 aliphatic heterocycles. The fourth-order valence-corrected chi connectivity index (χ4v) is 3.19. The smallest absolute Gasteiger partial charge is 0.341 e. The van der Waals surface area contributed by atoms with Crippen LogP contribution in [0.25, 0.3) is 10.9 Å². The molecule has 0 aliphatic carbocycles. The number of para-hydroxylation sites is 1. The van der Waals surface area contributed by atoms with Gasteiger partial charge in [0.1, 0.15) is 5.56 Å². The van der Waals surface area contributed by atoms with Crippen molar-refractivity contribution in [3.05, 3.63) is 53.0 Å². The van der Waals surface area contributed by atoms with Gasteiger partial charge in [-0.25, -0.2) is 4.79 Å². The van der Waals surface area contributed by atoms with Gasteiger partial charge >= 0.3 is 5.97 Å². The average molecular weight is 352 g/mol. The number of pyridine rings is 1. The molecule has 0 atom stereocenters. The Morgan fingerprint density at radius 2 is 2.04 bits per heavy atom. The number of esters is 1. The van der Waals surface area contributed by atoms with Gasteiger partial charge in [0.25, 0.3) is 0 Å². The third-order valence-corrected chi connectivity index (χ3v) is 4.61. The first-order valence-corrected chi connectivity index (χ1v) is 8.80. The molecule has 2 heterocycles. The fraction of sp³-hybridized carbons (Fsp3) is 0.350. The largest absolute Gasteiger partial charge is 0.462 e. The van der Waals surface area contributed by atoms with Gasteiger partial charge in [-0.1, -0.05) is 18.2 Å². The molecular weight excluding hydrogens is 328 g/mol. The molecule has 2 aromatic heterocycles. The maximum Gasteiger partial charge on any atom is 0.341 e. The van der Waals surface area contributed by atoms with E-state index >= 15 is 0 Å². The Bertz CT molecular complexity index is 946. The summed E-state index contributed by atoms with van der Waals surface area (Å²) in [7, 11) is 1.95. The number of aryl methyl sites for hydroxylation is 2. The summed E-state index contributed by atoms with van der Waals surface area (Å²) in [5, 5.41) is 8.81. The number of benzene rings is 1. The predicted molar refractivity (Wildman–Crippen MR) is 103 cm³/mol. The van der Waals surface area contributed by atoms with Crippen LogP contribution in [0, 0.1) is 13.8 Å². The molecule has 0 radical (unpaired) electrons. The Hall–Kier alpha value is -2.89. The number of carbonyl (C=O) groups excluding carboxylic acids is 1. The second kappa shape index (κ2) is 7.56. The minimum absolute atomic E-state index is 0.333. The van der Waals surface area contributed by atoms with Crippen molar-refractivity contribution >= 4 is 22.6 Å². The monoisotopic (exact) mass is 352 g/mol. The Kier molecular flexibility index (Phi) is 5.21. The van der Waals surface area contributed by atoms with Gasteiger partial charge in [0.15, 0.2) is 0 Å². The second-order valence-electron chi connectivity index (χ2n) is 6.23. The molecule has 0 amide bonds. The zero-order valence-electron chi connectivity index (χ0n) is 15.7. The molecule has 136 valence electrons. The number of ether oxygens (including phenoxy) is 1. The molecule has 3 rings (SSSR count). The number of carbonyl (C=O) groups is 1. The number of hydrogen-bond acceptors (Lipinski definition) is 5.